The number of rotatable bonds is 4. The summed E-state index contributed by atoms with van der Waals surface area (Å²) in [5, 5.41) is 17.5. The number of hydrogen-bond donors (Lipinski definition) is 2. The quantitative estimate of drug-likeness (QED) is 0.684. The van der Waals surface area contributed by atoms with Crippen molar-refractivity contribution < 1.29 is 16.8 Å². The Kier molecular flexibility index (Phi) is 3.34. The van der Waals surface area contributed by atoms with Crippen LogP contribution in [0, 0.1) is 0 Å². The zero-order valence-corrected chi connectivity index (χ0v) is 11.8. The van der Waals surface area contributed by atoms with Gasteiger partial charge in [0.15, 0.2) is 0 Å². The van der Waals surface area contributed by atoms with E-state index in [1.165, 1.54) is 0 Å². The first kappa shape index (κ1) is 14.2. The average Bonchev–Trinajstić information content (AvgIpc) is 2.94. The molecule has 0 radical (unpaired) electrons. The molecule has 0 bridgehead atoms. The maximum Gasteiger partial charge on any atom is 0.288 e. The lowest BCUT2D eigenvalue weighted by Crippen LogP contribution is -1.99. The average molecular weight is 320 g/mol. The van der Waals surface area contributed by atoms with Crippen LogP contribution in [-0.4, -0.2) is 59.7 Å². The van der Waals surface area contributed by atoms with Gasteiger partial charge in [-0.05, 0) is 0 Å². The van der Waals surface area contributed by atoms with E-state index < -0.39 is 19.7 Å². The Morgan fingerprint density at radius 1 is 0.800 bits per heavy atom. The maximum atomic E-state index is 11.1. The summed E-state index contributed by atoms with van der Waals surface area (Å²) in [6.07, 6.45) is 1.89. The number of nitrogens with zero attached hydrogens (tertiary/aromatic N) is 6. The zero-order valence-electron chi connectivity index (χ0n) is 10.1. The predicted molar refractivity (Wildman–Crippen MR) is 63.2 cm³/mol. The van der Waals surface area contributed by atoms with Gasteiger partial charge in [-0.15, -0.1) is 20.4 Å². The molecule has 0 aliphatic carbocycles. The van der Waals surface area contributed by atoms with Gasteiger partial charge in [-0.2, -0.15) is 9.97 Å². The Labute approximate surface area is 112 Å². The molecule has 0 aliphatic rings. The lowest BCUT2D eigenvalue weighted by molar-refractivity contribution is 0.592. The smallest absolute Gasteiger partial charge is 0.248 e. The van der Waals surface area contributed by atoms with Crippen molar-refractivity contribution in [2.24, 2.45) is 10.2 Å². The van der Waals surface area contributed by atoms with Crippen LogP contribution in [0.15, 0.2) is 20.5 Å². The highest BCUT2D eigenvalue weighted by Gasteiger charge is 2.14. The molecule has 0 saturated heterocycles. The molecule has 0 fully saturated rings. The Morgan fingerprint density at radius 2 is 1.15 bits per heavy atom. The van der Waals surface area contributed by atoms with Crippen molar-refractivity contribution in [2.45, 2.75) is 10.3 Å². The summed E-state index contributed by atoms with van der Waals surface area (Å²) < 4.78 is 44.5. The highest BCUT2D eigenvalue weighted by atomic mass is 32.2. The maximum absolute atomic E-state index is 11.1. The summed E-state index contributed by atoms with van der Waals surface area (Å²) in [5.74, 6) is -0.507. The van der Waals surface area contributed by atoms with E-state index in [0.29, 0.717) is 0 Å². The molecule has 2 aromatic heterocycles. The van der Waals surface area contributed by atoms with Gasteiger partial charge >= 0.3 is 0 Å². The molecule has 12 nitrogen and oxygen atoms in total. The van der Waals surface area contributed by atoms with Crippen LogP contribution in [0.2, 0.25) is 0 Å². The Balaban J connectivity index is 2.22. The van der Waals surface area contributed by atoms with Crippen LogP contribution in [0.25, 0.3) is 0 Å². The summed E-state index contributed by atoms with van der Waals surface area (Å²) >= 11 is 0. The normalized spacial score (nSPS) is 13.1. The minimum Gasteiger partial charge on any atom is -0.248 e. The molecule has 0 aromatic carbocycles. The van der Waals surface area contributed by atoms with Crippen LogP contribution >= 0.6 is 0 Å². The largest absolute Gasteiger partial charge is 0.288 e. The molecule has 14 heteroatoms. The van der Waals surface area contributed by atoms with Gasteiger partial charge in [0.25, 0.3) is 11.9 Å². The predicted octanol–water partition coefficient (Wildman–Crippen LogP) is -0.855. The number of H-pyrrole nitrogens is 2. The number of nitrogens with one attached hydrogen (secondary N) is 2. The molecule has 2 aromatic rings. The van der Waals surface area contributed by atoms with Gasteiger partial charge in [-0.25, -0.2) is 27.0 Å². The minimum atomic E-state index is -3.53. The summed E-state index contributed by atoms with van der Waals surface area (Å²) in [5.41, 5.74) is 0. The number of azo groups is 1. The first-order valence-corrected chi connectivity index (χ1v) is 8.61. The molecule has 20 heavy (non-hydrogen) atoms. The SMILES string of the molecule is CS(=O)(=O)c1nc(/N=N\c2n[nH]c(S(C)(=O)=O)n2)n[nH]1. The lowest BCUT2D eigenvalue weighted by atomic mass is 11.0. The van der Waals surface area contributed by atoms with Crippen molar-refractivity contribution >= 4 is 31.6 Å². The van der Waals surface area contributed by atoms with E-state index in [1.54, 1.807) is 0 Å². The van der Waals surface area contributed by atoms with Gasteiger partial charge in [0, 0.05) is 12.5 Å². The zero-order chi connectivity index (χ0) is 15.0. The molecule has 2 rings (SSSR count). The first-order chi connectivity index (χ1) is 9.16. The van der Waals surface area contributed by atoms with Crippen molar-refractivity contribution in [1.82, 2.24) is 30.4 Å². The molecule has 0 amide bonds. The molecular formula is C6H8N8O4S2. The van der Waals surface area contributed by atoms with Crippen molar-refractivity contribution in [3.05, 3.63) is 0 Å². The molecule has 0 aliphatic heterocycles. The molecule has 0 unspecified atom stereocenters. The van der Waals surface area contributed by atoms with Crippen molar-refractivity contribution in [3.8, 4) is 0 Å². The van der Waals surface area contributed by atoms with E-state index in [0.717, 1.165) is 12.5 Å². The monoisotopic (exact) mass is 320 g/mol. The van der Waals surface area contributed by atoms with E-state index in [1.807, 2.05) is 0 Å². The fraction of sp³-hybridized carbons (Fsp3) is 0.333. The second-order valence-electron chi connectivity index (χ2n) is 3.63. The van der Waals surface area contributed by atoms with Crippen LogP contribution < -0.4 is 0 Å². The lowest BCUT2D eigenvalue weighted by Gasteiger charge is -1.85. The number of hydrogen-bond acceptors (Lipinski definition) is 10. The van der Waals surface area contributed by atoms with E-state index in [-0.39, 0.29) is 22.2 Å². The number of aromatic nitrogens is 6. The summed E-state index contributed by atoms with van der Waals surface area (Å²) in [4.78, 5) is 7.11. The summed E-state index contributed by atoms with van der Waals surface area (Å²) in [6, 6.07) is 0. The summed E-state index contributed by atoms with van der Waals surface area (Å²) in [6.45, 7) is 0. The highest BCUT2D eigenvalue weighted by Crippen LogP contribution is 2.13. The molecule has 0 atom stereocenters. The molecule has 2 heterocycles. The Hall–Kier alpha value is -2.22. The van der Waals surface area contributed by atoms with Crippen molar-refractivity contribution in [3.63, 3.8) is 0 Å². The van der Waals surface area contributed by atoms with E-state index in [2.05, 4.69) is 40.6 Å². The minimum absolute atomic E-state index is 0.254. The van der Waals surface area contributed by atoms with Crippen LogP contribution in [0.5, 0.6) is 0 Å². The molecule has 0 spiro atoms. The van der Waals surface area contributed by atoms with Gasteiger partial charge in [-0.1, -0.05) is 0 Å². The third kappa shape index (κ3) is 3.21. The third-order valence-corrected chi connectivity index (χ3v) is 3.61. The van der Waals surface area contributed by atoms with Crippen LogP contribution in [0.3, 0.4) is 0 Å². The van der Waals surface area contributed by atoms with Gasteiger partial charge < -0.3 is 0 Å². The van der Waals surface area contributed by atoms with Gasteiger partial charge in [0.05, 0.1) is 0 Å². The van der Waals surface area contributed by atoms with Gasteiger partial charge in [0.2, 0.25) is 30.0 Å². The third-order valence-electron chi connectivity index (χ3n) is 1.84. The van der Waals surface area contributed by atoms with E-state index in [9.17, 15) is 16.8 Å². The number of aromatic amines is 2. The standard InChI is InChI=1S/C6H8N8O4S2/c1-19(15,16)5-7-3(11-13-5)9-10-4-8-6(14-12-4)20(2,17)18/h1-2H3,(H,7,11,13)(H,8,12,14)/b10-9-. The Bertz CT molecular complexity index is 788. The highest BCUT2D eigenvalue weighted by molar-refractivity contribution is 7.90. The molecule has 108 valence electrons. The molecular weight excluding hydrogens is 312 g/mol. The van der Waals surface area contributed by atoms with Crippen LogP contribution in [-0.2, 0) is 19.7 Å². The van der Waals surface area contributed by atoms with E-state index in [4.69, 9.17) is 0 Å². The van der Waals surface area contributed by atoms with Gasteiger partial charge in [-0.3, -0.25) is 0 Å². The van der Waals surface area contributed by atoms with Gasteiger partial charge in [0.1, 0.15) is 0 Å². The fourth-order valence-electron chi connectivity index (χ4n) is 0.988. The second kappa shape index (κ2) is 4.71. The molecule has 0 saturated carbocycles. The van der Waals surface area contributed by atoms with Crippen LogP contribution in [0.4, 0.5) is 11.9 Å². The van der Waals surface area contributed by atoms with Crippen molar-refractivity contribution in [2.75, 3.05) is 12.5 Å². The second-order valence-corrected chi connectivity index (χ2v) is 7.49. The Morgan fingerprint density at radius 3 is 1.40 bits per heavy atom. The first-order valence-electron chi connectivity index (χ1n) is 4.83. The summed E-state index contributed by atoms with van der Waals surface area (Å²) in [7, 11) is -7.06. The number of sulfone groups is 2. The van der Waals surface area contributed by atoms with E-state index >= 15 is 0 Å². The van der Waals surface area contributed by atoms with Crippen molar-refractivity contribution in [1.29, 1.82) is 0 Å². The van der Waals surface area contributed by atoms with Crippen LogP contribution in [0.1, 0.15) is 0 Å². The topological polar surface area (TPSA) is 176 Å². The molecule has 2 N–H and O–H groups in total. The fourth-order valence-corrected chi connectivity index (χ4v) is 1.91.